The van der Waals surface area contributed by atoms with Gasteiger partial charge in [0.15, 0.2) is 11.2 Å². The molecular weight excluding hydrogens is 420 g/mol. The molecule has 1 aromatic carbocycles. The van der Waals surface area contributed by atoms with Crippen LogP contribution in [-0.4, -0.2) is 65.0 Å². The lowest BCUT2D eigenvalue weighted by Crippen LogP contribution is -2.46. The van der Waals surface area contributed by atoms with Gasteiger partial charge in [0.25, 0.3) is 5.56 Å². The minimum Gasteiger partial charge on any atom is -0.493 e. The molecule has 2 aromatic heterocycles. The topological polar surface area (TPSA) is 122 Å². The Labute approximate surface area is 180 Å². The van der Waals surface area contributed by atoms with Crippen LogP contribution in [0.2, 0.25) is 0 Å². The van der Waals surface area contributed by atoms with E-state index in [4.69, 9.17) is 4.74 Å². The van der Waals surface area contributed by atoms with Crippen molar-refractivity contribution in [3.63, 3.8) is 0 Å². The lowest BCUT2D eigenvalue weighted by Gasteiger charge is -2.27. The predicted molar refractivity (Wildman–Crippen MR) is 117 cm³/mol. The number of hydrogen-bond acceptors (Lipinski definition) is 7. The number of rotatable bonds is 7. The molecule has 0 bridgehead atoms. The van der Waals surface area contributed by atoms with Gasteiger partial charge in [-0.05, 0) is 31.5 Å². The standard InChI is InChI=1S/C20H26N6O4S/c1-3-9-26-18(24-17-19(26)22-13-23-20(17)27)15-12-14(5-6-16(15)30-4-2)31(28,29)25-10-7-21-8-11-25/h5-6,12-13,21H,3-4,7-11H2,1-2H3,(H,22,23,27). The monoisotopic (exact) mass is 446 g/mol. The molecule has 1 saturated heterocycles. The van der Waals surface area contributed by atoms with Gasteiger partial charge in [0, 0.05) is 32.7 Å². The van der Waals surface area contributed by atoms with E-state index >= 15 is 0 Å². The van der Waals surface area contributed by atoms with Crippen LogP contribution in [0.1, 0.15) is 20.3 Å². The minimum absolute atomic E-state index is 0.171. The molecule has 0 unspecified atom stereocenters. The number of sulfonamides is 1. The molecule has 3 heterocycles. The van der Waals surface area contributed by atoms with Gasteiger partial charge in [-0.3, -0.25) is 4.79 Å². The predicted octanol–water partition coefficient (Wildman–Crippen LogP) is 1.19. The third-order valence-corrected chi connectivity index (χ3v) is 7.09. The molecule has 0 spiro atoms. The summed E-state index contributed by atoms with van der Waals surface area (Å²) in [7, 11) is -3.67. The van der Waals surface area contributed by atoms with Crippen molar-refractivity contribution in [3.8, 4) is 17.1 Å². The van der Waals surface area contributed by atoms with Crippen molar-refractivity contribution in [1.29, 1.82) is 0 Å². The van der Waals surface area contributed by atoms with Crippen LogP contribution in [0, 0.1) is 0 Å². The van der Waals surface area contributed by atoms with E-state index in [2.05, 4.69) is 20.3 Å². The van der Waals surface area contributed by atoms with Crippen LogP contribution in [-0.2, 0) is 16.6 Å². The minimum atomic E-state index is -3.67. The molecule has 4 rings (SSSR count). The Kier molecular flexibility index (Phi) is 6.08. The lowest BCUT2D eigenvalue weighted by molar-refractivity contribution is 0.340. The fraction of sp³-hybridized carbons (Fsp3) is 0.450. The van der Waals surface area contributed by atoms with E-state index in [1.54, 1.807) is 18.2 Å². The van der Waals surface area contributed by atoms with Crippen molar-refractivity contribution >= 4 is 21.2 Å². The summed E-state index contributed by atoms with van der Waals surface area (Å²) >= 11 is 0. The van der Waals surface area contributed by atoms with Crippen molar-refractivity contribution in [3.05, 3.63) is 34.9 Å². The number of piperazine rings is 1. The first kappa shape index (κ1) is 21.5. The number of H-pyrrole nitrogens is 1. The number of nitrogens with zero attached hydrogens (tertiary/aromatic N) is 4. The van der Waals surface area contributed by atoms with Gasteiger partial charge in [0.05, 0.1) is 23.4 Å². The Hall–Kier alpha value is -2.76. The second-order valence-corrected chi connectivity index (χ2v) is 9.17. The molecular formula is C20H26N6O4S. The molecule has 31 heavy (non-hydrogen) atoms. The maximum Gasteiger partial charge on any atom is 0.278 e. The number of nitrogens with one attached hydrogen (secondary N) is 2. The second kappa shape index (κ2) is 8.77. The fourth-order valence-corrected chi connectivity index (χ4v) is 5.22. The first-order chi connectivity index (χ1) is 15.0. The summed E-state index contributed by atoms with van der Waals surface area (Å²) in [5.41, 5.74) is 0.842. The number of hydrogen-bond donors (Lipinski definition) is 2. The van der Waals surface area contributed by atoms with E-state index in [1.165, 1.54) is 10.6 Å². The first-order valence-corrected chi connectivity index (χ1v) is 11.8. The normalized spacial score (nSPS) is 15.4. The Morgan fingerprint density at radius 1 is 1.19 bits per heavy atom. The summed E-state index contributed by atoms with van der Waals surface area (Å²) in [6, 6.07) is 4.80. The maximum atomic E-state index is 13.2. The van der Waals surface area contributed by atoms with Gasteiger partial charge in [-0.2, -0.15) is 4.31 Å². The molecule has 1 fully saturated rings. The van der Waals surface area contributed by atoms with E-state index in [9.17, 15) is 13.2 Å². The Balaban J connectivity index is 1.91. The van der Waals surface area contributed by atoms with E-state index in [-0.39, 0.29) is 16.0 Å². The van der Waals surface area contributed by atoms with E-state index in [0.29, 0.717) is 62.1 Å². The summed E-state index contributed by atoms with van der Waals surface area (Å²) in [4.78, 5) is 23.9. The van der Waals surface area contributed by atoms with Gasteiger partial charge in [-0.1, -0.05) is 6.92 Å². The van der Waals surface area contributed by atoms with Crippen LogP contribution >= 0.6 is 0 Å². The molecule has 0 amide bonds. The van der Waals surface area contributed by atoms with Gasteiger partial charge >= 0.3 is 0 Å². The van der Waals surface area contributed by atoms with Gasteiger partial charge in [0.1, 0.15) is 11.6 Å². The van der Waals surface area contributed by atoms with Crippen molar-refractivity contribution in [2.75, 3.05) is 32.8 Å². The van der Waals surface area contributed by atoms with Crippen LogP contribution in [0.15, 0.2) is 34.2 Å². The van der Waals surface area contributed by atoms with Crippen LogP contribution in [0.4, 0.5) is 0 Å². The number of fused-ring (bicyclic) bond motifs is 1. The molecule has 2 N–H and O–H groups in total. The largest absolute Gasteiger partial charge is 0.493 e. The zero-order valence-corrected chi connectivity index (χ0v) is 18.4. The van der Waals surface area contributed by atoms with Crippen LogP contribution < -0.4 is 15.6 Å². The summed E-state index contributed by atoms with van der Waals surface area (Å²) in [5.74, 6) is 0.965. The summed E-state index contributed by atoms with van der Waals surface area (Å²) in [6.07, 6.45) is 2.13. The van der Waals surface area contributed by atoms with E-state index < -0.39 is 10.0 Å². The number of aromatic nitrogens is 4. The number of benzene rings is 1. The number of ether oxygens (including phenoxy) is 1. The summed E-state index contributed by atoms with van der Waals surface area (Å²) in [6.45, 7) is 6.91. The summed E-state index contributed by atoms with van der Waals surface area (Å²) < 4.78 is 35.6. The van der Waals surface area contributed by atoms with Crippen molar-refractivity contribution < 1.29 is 13.2 Å². The quantitative estimate of drug-likeness (QED) is 0.559. The average Bonchev–Trinajstić information content (AvgIpc) is 3.15. The molecule has 166 valence electrons. The molecule has 1 aliphatic rings. The molecule has 11 heteroatoms. The van der Waals surface area contributed by atoms with Gasteiger partial charge in [-0.25, -0.2) is 18.4 Å². The summed E-state index contributed by atoms with van der Waals surface area (Å²) in [5, 5.41) is 3.16. The highest BCUT2D eigenvalue weighted by molar-refractivity contribution is 7.89. The highest BCUT2D eigenvalue weighted by atomic mass is 32.2. The van der Waals surface area contributed by atoms with Crippen LogP contribution in [0.25, 0.3) is 22.6 Å². The Bertz CT molecular complexity index is 1240. The van der Waals surface area contributed by atoms with E-state index in [1.807, 2.05) is 18.4 Å². The third kappa shape index (κ3) is 3.95. The molecule has 0 atom stereocenters. The zero-order chi connectivity index (χ0) is 22.0. The van der Waals surface area contributed by atoms with Crippen LogP contribution in [0.3, 0.4) is 0 Å². The zero-order valence-electron chi connectivity index (χ0n) is 17.6. The average molecular weight is 447 g/mol. The van der Waals surface area contributed by atoms with Crippen molar-refractivity contribution in [2.24, 2.45) is 0 Å². The number of imidazole rings is 1. The van der Waals surface area contributed by atoms with Crippen molar-refractivity contribution in [1.82, 2.24) is 29.1 Å². The number of aryl methyl sites for hydroxylation is 1. The molecule has 0 aliphatic carbocycles. The molecule has 1 aliphatic heterocycles. The molecule has 0 radical (unpaired) electrons. The lowest BCUT2D eigenvalue weighted by atomic mass is 10.2. The first-order valence-electron chi connectivity index (χ1n) is 10.4. The maximum absolute atomic E-state index is 13.2. The van der Waals surface area contributed by atoms with Crippen molar-refractivity contribution in [2.45, 2.75) is 31.7 Å². The molecule has 0 saturated carbocycles. The highest BCUT2D eigenvalue weighted by Gasteiger charge is 2.28. The second-order valence-electron chi connectivity index (χ2n) is 7.24. The highest BCUT2D eigenvalue weighted by Crippen LogP contribution is 2.34. The van der Waals surface area contributed by atoms with Gasteiger partial charge in [0.2, 0.25) is 10.0 Å². The SMILES string of the molecule is CCCn1c(-c2cc(S(=O)(=O)N3CCNCC3)ccc2OCC)nc2c(=O)[nH]cnc21. The van der Waals surface area contributed by atoms with Gasteiger partial charge < -0.3 is 19.6 Å². The Morgan fingerprint density at radius 2 is 1.97 bits per heavy atom. The number of aromatic amines is 1. The smallest absolute Gasteiger partial charge is 0.278 e. The van der Waals surface area contributed by atoms with Crippen LogP contribution in [0.5, 0.6) is 5.75 Å². The fourth-order valence-electron chi connectivity index (χ4n) is 3.75. The molecule has 10 nitrogen and oxygen atoms in total. The van der Waals surface area contributed by atoms with Gasteiger partial charge in [-0.15, -0.1) is 0 Å². The molecule has 3 aromatic rings. The Morgan fingerprint density at radius 3 is 2.68 bits per heavy atom. The van der Waals surface area contributed by atoms with E-state index in [0.717, 1.165) is 6.42 Å². The third-order valence-electron chi connectivity index (χ3n) is 5.19.